The first-order chi connectivity index (χ1) is 7.52. The van der Waals surface area contributed by atoms with Gasteiger partial charge in [0.2, 0.25) is 0 Å². The molecule has 0 aliphatic carbocycles. The number of nitrogen functional groups attached to an aromatic ring is 1. The highest BCUT2D eigenvalue weighted by Gasteiger charge is 2.22. The van der Waals surface area contributed by atoms with Gasteiger partial charge in [-0.3, -0.25) is 4.79 Å². The third-order valence-corrected chi connectivity index (χ3v) is 3.40. The summed E-state index contributed by atoms with van der Waals surface area (Å²) in [5.74, 6) is -0.590. The summed E-state index contributed by atoms with van der Waals surface area (Å²) in [6.45, 7) is 2.81. The Labute approximate surface area is 98.3 Å². The second kappa shape index (κ2) is 4.86. The highest BCUT2D eigenvalue weighted by atomic mass is 32.1. The molecule has 0 aliphatic rings. The third kappa shape index (κ3) is 2.09. The standard InChI is InChI=1S/C10H14N4OS/c1-3-4-14(2)10-7(9(13)15)8(12)6(5-11)16-10/h3-4,12H2,1-2H3,(H2,13,15). The number of rotatable bonds is 4. The lowest BCUT2D eigenvalue weighted by Gasteiger charge is -2.17. The van der Waals surface area contributed by atoms with Gasteiger partial charge in [0.1, 0.15) is 15.9 Å². The predicted octanol–water partition coefficient (Wildman–Crippen LogP) is 1.15. The van der Waals surface area contributed by atoms with Gasteiger partial charge in [-0.25, -0.2) is 0 Å². The molecule has 0 fully saturated rings. The van der Waals surface area contributed by atoms with Crippen LogP contribution in [0.1, 0.15) is 28.6 Å². The molecular formula is C10H14N4OS. The molecule has 0 saturated carbocycles. The van der Waals surface area contributed by atoms with Crippen LogP contribution in [0.2, 0.25) is 0 Å². The van der Waals surface area contributed by atoms with Gasteiger partial charge in [0.05, 0.1) is 11.3 Å². The van der Waals surface area contributed by atoms with Crippen molar-refractivity contribution in [3.05, 3.63) is 10.4 Å². The smallest absolute Gasteiger partial charge is 0.253 e. The molecule has 4 N–H and O–H groups in total. The first-order valence-corrected chi connectivity index (χ1v) is 5.67. The van der Waals surface area contributed by atoms with Gasteiger partial charge in [-0.2, -0.15) is 5.26 Å². The van der Waals surface area contributed by atoms with E-state index in [-0.39, 0.29) is 11.3 Å². The molecule has 0 spiro atoms. The largest absolute Gasteiger partial charge is 0.396 e. The summed E-state index contributed by atoms with van der Waals surface area (Å²) in [6, 6.07) is 1.97. The van der Waals surface area contributed by atoms with Crippen LogP contribution in [0.5, 0.6) is 0 Å². The van der Waals surface area contributed by atoms with E-state index in [4.69, 9.17) is 16.7 Å². The normalized spacial score (nSPS) is 9.81. The van der Waals surface area contributed by atoms with Gasteiger partial charge < -0.3 is 16.4 Å². The van der Waals surface area contributed by atoms with Gasteiger partial charge >= 0.3 is 0 Å². The van der Waals surface area contributed by atoms with E-state index in [0.29, 0.717) is 9.88 Å². The molecule has 0 radical (unpaired) electrons. The van der Waals surface area contributed by atoms with Crippen LogP contribution < -0.4 is 16.4 Å². The van der Waals surface area contributed by atoms with Crippen molar-refractivity contribution in [1.82, 2.24) is 0 Å². The van der Waals surface area contributed by atoms with Gasteiger partial charge in [0.15, 0.2) is 0 Å². The third-order valence-electron chi connectivity index (χ3n) is 2.18. The number of anilines is 2. The van der Waals surface area contributed by atoms with Crippen LogP contribution in [0, 0.1) is 11.3 Å². The summed E-state index contributed by atoms with van der Waals surface area (Å²) in [5, 5.41) is 9.53. The minimum Gasteiger partial charge on any atom is -0.396 e. The van der Waals surface area contributed by atoms with Gasteiger partial charge in [-0.05, 0) is 6.42 Å². The molecule has 5 nitrogen and oxygen atoms in total. The molecule has 0 unspecified atom stereocenters. The van der Waals surface area contributed by atoms with Crippen LogP contribution in [0.15, 0.2) is 0 Å². The van der Waals surface area contributed by atoms with E-state index in [1.165, 1.54) is 11.3 Å². The molecule has 6 heteroatoms. The lowest BCUT2D eigenvalue weighted by Crippen LogP contribution is -2.21. The van der Waals surface area contributed by atoms with E-state index in [1.807, 2.05) is 24.9 Å². The summed E-state index contributed by atoms with van der Waals surface area (Å²) in [7, 11) is 1.85. The van der Waals surface area contributed by atoms with Crippen molar-refractivity contribution in [2.45, 2.75) is 13.3 Å². The van der Waals surface area contributed by atoms with Crippen molar-refractivity contribution in [3.63, 3.8) is 0 Å². The molecule has 0 saturated heterocycles. The molecule has 0 atom stereocenters. The topological polar surface area (TPSA) is 96.1 Å². The predicted molar refractivity (Wildman–Crippen MR) is 65.5 cm³/mol. The van der Waals surface area contributed by atoms with E-state index in [9.17, 15) is 4.79 Å². The van der Waals surface area contributed by atoms with E-state index in [0.717, 1.165) is 13.0 Å². The Morgan fingerprint density at radius 3 is 2.69 bits per heavy atom. The molecule has 0 aliphatic heterocycles. The van der Waals surface area contributed by atoms with Crippen LogP contribution in [-0.2, 0) is 0 Å². The summed E-state index contributed by atoms with van der Waals surface area (Å²) < 4.78 is 0. The molecule has 86 valence electrons. The summed E-state index contributed by atoms with van der Waals surface area (Å²) in [6.07, 6.45) is 0.939. The summed E-state index contributed by atoms with van der Waals surface area (Å²) in [5.41, 5.74) is 11.4. The number of primary amides is 1. The number of hydrogen-bond acceptors (Lipinski definition) is 5. The first-order valence-electron chi connectivity index (χ1n) is 4.86. The van der Waals surface area contributed by atoms with Crippen LogP contribution in [-0.4, -0.2) is 19.5 Å². The SMILES string of the molecule is CCCN(C)c1sc(C#N)c(N)c1C(N)=O. The van der Waals surface area contributed by atoms with Crippen LogP contribution >= 0.6 is 11.3 Å². The highest BCUT2D eigenvalue weighted by molar-refractivity contribution is 7.17. The highest BCUT2D eigenvalue weighted by Crippen LogP contribution is 2.36. The number of thiophene rings is 1. The molecule has 16 heavy (non-hydrogen) atoms. The Kier molecular flexibility index (Phi) is 3.74. The Morgan fingerprint density at radius 2 is 2.25 bits per heavy atom. The van der Waals surface area contributed by atoms with Gasteiger partial charge in [0.25, 0.3) is 5.91 Å². The fourth-order valence-electron chi connectivity index (χ4n) is 1.46. The quantitative estimate of drug-likeness (QED) is 0.822. The van der Waals surface area contributed by atoms with E-state index >= 15 is 0 Å². The van der Waals surface area contributed by atoms with Crippen molar-refractivity contribution in [2.75, 3.05) is 24.2 Å². The van der Waals surface area contributed by atoms with Crippen molar-refractivity contribution < 1.29 is 4.79 Å². The van der Waals surface area contributed by atoms with Crippen LogP contribution in [0.4, 0.5) is 10.7 Å². The maximum Gasteiger partial charge on any atom is 0.253 e. The molecule has 0 bridgehead atoms. The van der Waals surface area contributed by atoms with Gasteiger partial charge in [-0.1, -0.05) is 6.92 Å². The lowest BCUT2D eigenvalue weighted by atomic mass is 10.2. The minimum absolute atomic E-state index is 0.193. The molecule has 1 amide bonds. The Morgan fingerprint density at radius 1 is 1.62 bits per heavy atom. The van der Waals surface area contributed by atoms with Gasteiger partial charge in [-0.15, -0.1) is 11.3 Å². The van der Waals surface area contributed by atoms with Crippen molar-refractivity contribution >= 4 is 27.9 Å². The van der Waals surface area contributed by atoms with Crippen molar-refractivity contribution in [3.8, 4) is 6.07 Å². The zero-order valence-corrected chi connectivity index (χ0v) is 10.1. The van der Waals surface area contributed by atoms with Crippen molar-refractivity contribution in [2.24, 2.45) is 5.73 Å². The number of nitriles is 1. The molecule has 1 aromatic rings. The second-order valence-electron chi connectivity index (χ2n) is 3.42. The summed E-state index contributed by atoms with van der Waals surface area (Å²) in [4.78, 5) is 13.5. The van der Waals surface area contributed by atoms with E-state index < -0.39 is 5.91 Å². The Hall–Kier alpha value is -1.74. The molecular weight excluding hydrogens is 224 g/mol. The molecule has 1 rings (SSSR count). The number of carbonyl (C=O) groups excluding carboxylic acids is 1. The minimum atomic E-state index is -0.590. The maximum atomic E-state index is 11.3. The van der Waals surface area contributed by atoms with Crippen molar-refractivity contribution in [1.29, 1.82) is 5.26 Å². The molecule has 1 heterocycles. The van der Waals surface area contributed by atoms with Crippen LogP contribution in [0.3, 0.4) is 0 Å². The number of nitrogens with zero attached hydrogens (tertiary/aromatic N) is 2. The fraction of sp³-hybridized carbons (Fsp3) is 0.400. The summed E-state index contributed by atoms with van der Waals surface area (Å²) >= 11 is 1.20. The number of amides is 1. The maximum absolute atomic E-state index is 11.3. The van der Waals surface area contributed by atoms with Crippen LogP contribution in [0.25, 0.3) is 0 Å². The zero-order valence-electron chi connectivity index (χ0n) is 9.28. The van der Waals surface area contributed by atoms with E-state index in [1.54, 1.807) is 0 Å². The average Bonchev–Trinajstić information content (AvgIpc) is 2.55. The lowest BCUT2D eigenvalue weighted by molar-refractivity contribution is 0.100. The fourth-order valence-corrected chi connectivity index (χ4v) is 2.47. The molecule has 1 aromatic heterocycles. The second-order valence-corrected chi connectivity index (χ2v) is 4.42. The monoisotopic (exact) mass is 238 g/mol. The first kappa shape index (κ1) is 12.3. The zero-order chi connectivity index (χ0) is 12.3. The average molecular weight is 238 g/mol. The molecule has 0 aromatic carbocycles. The Bertz CT molecular complexity index is 446. The van der Waals surface area contributed by atoms with E-state index in [2.05, 4.69) is 0 Å². The number of hydrogen-bond donors (Lipinski definition) is 2. The number of carbonyl (C=O) groups is 1. The Balaban J connectivity index is 3.28. The van der Waals surface area contributed by atoms with Gasteiger partial charge in [0, 0.05) is 13.6 Å². The number of nitrogens with two attached hydrogens (primary N) is 2.